The fourth-order valence-electron chi connectivity index (χ4n) is 3.66. The van der Waals surface area contributed by atoms with Gasteiger partial charge in [0.25, 0.3) is 5.56 Å². The van der Waals surface area contributed by atoms with Crippen molar-refractivity contribution in [3.63, 3.8) is 0 Å². The van der Waals surface area contributed by atoms with Gasteiger partial charge in [0.15, 0.2) is 4.96 Å². The maximum Gasteiger partial charge on any atom is 0.259 e. The molecule has 1 aliphatic carbocycles. The van der Waals surface area contributed by atoms with Gasteiger partial charge in [-0.05, 0) is 32.6 Å². The Morgan fingerprint density at radius 1 is 1.16 bits per heavy atom. The molecule has 4 nitrogen and oxygen atoms in total. The fourth-order valence-corrected chi connectivity index (χ4v) is 4.89. The Morgan fingerprint density at radius 2 is 1.92 bits per heavy atom. The number of thiazole rings is 1. The largest absolute Gasteiger partial charge is 0.329 e. The van der Waals surface area contributed by atoms with Gasteiger partial charge in [0.2, 0.25) is 0 Å². The highest BCUT2D eigenvalue weighted by Gasteiger charge is 2.19. The van der Waals surface area contributed by atoms with Crippen molar-refractivity contribution in [2.45, 2.75) is 45.7 Å². The van der Waals surface area contributed by atoms with E-state index in [1.807, 2.05) is 4.40 Å². The van der Waals surface area contributed by atoms with E-state index in [0.29, 0.717) is 0 Å². The van der Waals surface area contributed by atoms with E-state index in [1.54, 1.807) is 17.4 Å². The number of rotatable bonds is 4. The summed E-state index contributed by atoms with van der Waals surface area (Å²) in [5.74, 6) is 0. The smallest absolute Gasteiger partial charge is 0.259 e. The normalized spacial score (nSPS) is 15.3. The Balaban J connectivity index is 1.57. The second kappa shape index (κ2) is 6.73. The molecule has 2 aromatic heterocycles. The molecule has 25 heavy (non-hydrogen) atoms. The van der Waals surface area contributed by atoms with Gasteiger partial charge < -0.3 is 4.90 Å². The van der Waals surface area contributed by atoms with E-state index in [1.165, 1.54) is 39.4 Å². The van der Waals surface area contributed by atoms with Crippen LogP contribution in [0.25, 0.3) is 4.96 Å². The van der Waals surface area contributed by atoms with Gasteiger partial charge in [-0.25, -0.2) is 4.98 Å². The number of hydrogen-bond acceptors (Lipinski definition) is 3. The van der Waals surface area contributed by atoms with Crippen LogP contribution in [0.5, 0.6) is 0 Å². The standard InChI is InChI=1S/C20H23N3OS/c1-14-7-9-15(10-8-14)12-22(2)13-16-11-19(24)23-17-5-3-4-6-18(17)25-20(23)21-16/h7-11H,3-6,12-13H2,1-2H3/p+1. The molecule has 1 N–H and O–H groups in total. The molecule has 4 rings (SSSR count). The van der Waals surface area contributed by atoms with E-state index >= 15 is 0 Å². The summed E-state index contributed by atoms with van der Waals surface area (Å²) in [5.41, 5.74) is 4.78. The number of hydrogen-bond donors (Lipinski definition) is 1. The summed E-state index contributed by atoms with van der Waals surface area (Å²) in [4.78, 5) is 21.0. The number of nitrogens with zero attached hydrogens (tertiary/aromatic N) is 2. The second-order valence-electron chi connectivity index (χ2n) is 7.18. The van der Waals surface area contributed by atoms with Crippen LogP contribution >= 0.6 is 11.3 Å². The van der Waals surface area contributed by atoms with Crippen LogP contribution in [0.4, 0.5) is 0 Å². The van der Waals surface area contributed by atoms with Gasteiger partial charge in [0.05, 0.1) is 7.05 Å². The number of benzene rings is 1. The first-order valence-corrected chi connectivity index (χ1v) is 9.82. The van der Waals surface area contributed by atoms with E-state index in [0.717, 1.165) is 36.6 Å². The first-order valence-electron chi connectivity index (χ1n) is 9.00. The molecule has 2 heterocycles. The molecule has 0 amide bonds. The number of nitrogens with one attached hydrogen (secondary N) is 1. The summed E-state index contributed by atoms with van der Waals surface area (Å²) in [7, 11) is 2.16. The second-order valence-corrected chi connectivity index (χ2v) is 8.24. The predicted molar refractivity (Wildman–Crippen MR) is 101 cm³/mol. The Morgan fingerprint density at radius 3 is 2.72 bits per heavy atom. The van der Waals surface area contributed by atoms with Crippen LogP contribution in [0.15, 0.2) is 35.1 Å². The first-order chi connectivity index (χ1) is 12.1. The molecule has 1 unspecified atom stereocenters. The molecule has 0 aliphatic heterocycles. The van der Waals surface area contributed by atoms with Crippen molar-refractivity contribution < 1.29 is 4.90 Å². The molecule has 1 aliphatic rings. The summed E-state index contributed by atoms with van der Waals surface area (Å²) in [6.07, 6.45) is 4.51. The van der Waals surface area contributed by atoms with E-state index < -0.39 is 0 Å². The van der Waals surface area contributed by atoms with Crippen LogP contribution in [0.2, 0.25) is 0 Å². The molecule has 3 aromatic rings. The van der Waals surface area contributed by atoms with Crippen molar-refractivity contribution in [1.82, 2.24) is 9.38 Å². The van der Waals surface area contributed by atoms with E-state index in [2.05, 4.69) is 38.2 Å². The summed E-state index contributed by atoms with van der Waals surface area (Å²) < 4.78 is 1.85. The molecule has 1 aromatic carbocycles. The highest BCUT2D eigenvalue weighted by Crippen LogP contribution is 2.28. The Bertz CT molecular complexity index is 955. The molecule has 0 radical (unpaired) electrons. The number of aryl methyl sites for hydroxylation is 3. The van der Waals surface area contributed by atoms with Gasteiger partial charge in [-0.15, -0.1) is 11.3 Å². The summed E-state index contributed by atoms with van der Waals surface area (Å²) in [6.45, 7) is 3.80. The molecular formula is C20H24N3OS+. The third-order valence-electron chi connectivity index (χ3n) is 4.92. The van der Waals surface area contributed by atoms with Gasteiger partial charge in [0.1, 0.15) is 18.8 Å². The van der Waals surface area contributed by atoms with Crippen molar-refractivity contribution in [3.8, 4) is 0 Å². The minimum absolute atomic E-state index is 0.0857. The maximum absolute atomic E-state index is 12.6. The zero-order chi connectivity index (χ0) is 17.4. The summed E-state index contributed by atoms with van der Waals surface area (Å²) >= 11 is 1.70. The zero-order valence-electron chi connectivity index (χ0n) is 14.8. The highest BCUT2D eigenvalue weighted by atomic mass is 32.1. The SMILES string of the molecule is Cc1ccc(C[NH+](C)Cc2cc(=O)n3c4c(sc3n2)CCCC4)cc1. The van der Waals surface area contributed by atoms with Crippen molar-refractivity contribution in [1.29, 1.82) is 0 Å². The van der Waals surface area contributed by atoms with Gasteiger partial charge in [0, 0.05) is 22.2 Å². The zero-order valence-corrected chi connectivity index (χ0v) is 15.7. The molecule has 0 bridgehead atoms. The number of aromatic nitrogens is 2. The van der Waals surface area contributed by atoms with Crippen molar-refractivity contribution >= 4 is 16.3 Å². The lowest BCUT2D eigenvalue weighted by Crippen LogP contribution is -3.06. The van der Waals surface area contributed by atoms with Gasteiger partial charge in [-0.3, -0.25) is 9.20 Å². The lowest BCUT2D eigenvalue weighted by molar-refractivity contribution is -0.908. The summed E-state index contributed by atoms with van der Waals surface area (Å²) in [5, 5.41) is 0. The average molecular weight is 354 g/mol. The Hall–Kier alpha value is -1.98. The molecule has 0 saturated carbocycles. The van der Waals surface area contributed by atoms with Gasteiger partial charge in [-0.1, -0.05) is 29.8 Å². The topological polar surface area (TPSA) is 38.8 Å². The lowest BCUT2D eigenvalue weighted by atomic mass is 10.0. The van der Waals surface area contributed by atoms with Crippen LogP contribution in [-0.2, 0) is 25.9 Å². The summed E-state index contributed by atoms with van der Waals surface area (Å²) in [6, 6.07) is 10.4. The Labute approximate surface area is 151 Å². The fraction of sp³-hybridized carbons (Fsp3) is 0.400. The third kappa shape index (κ3) is 3.39. The quantitative estimate of drug-likeness (QED) is 0.780. The number of fused-ring (bicyclic) bond motifs is 3. The highest BCUT2D eigenvalue weighted by molar-refractivity contribution is 7.17. The van der Waals surface area contributed by atoms with Crippen LogP contribution in [0.3, 0.4) is 0 Å². The lowest BCUT2D eigenvalue weighted by Gasteiger charge is -2.14. The maximum atomic E-state index is 12.6. The van der Waals surface area contributed by atoms with Crippen molar-refractivity contribution in [2.24, 2.45) is 0 Å². The minimum atomic E-state index is 0.0857. The molecular weight excluding hydrogens is 330 g/mol. The molecule has 130 valence electrons. The predicted octanol–water partition coefficient (Wildman–Crippen LogP) is 2.16. The van der Waals surface area contributed by atoms with Crippen LogP contribution in [0, 0.1) is 6.92 Å². The van der Waals surface area contributed by atoms with Gasteiger partial charge >= 0.3 is 0 Å². The van der Waals surface area contributed by atoms with Crippen molar-refractivity contribution in [3.05, 3.63) is 68.1 Å². The first kappa shape index (κ1) is 16.5. The minimum Gasteiger partial charge on any atom is -0.329 e. The van der Waals surface area contributed by atoms with Gasteiger partial charge in [-0.2, -0.15) is 0 Å². The average Bonchev–Trinajstić information content (AvgIpc) is 2.95. The van der Waals surface area contributed by atoms with Crippen LogP contribution in [-0.4, -0.2) is 16.4 Å². The molecule has 0 saturated heterocycles. The monoisotopic (exact) mass is 354 g/mol. The number of quaternary nitrogens is 1. The molecule has 5 heteroatoms. The Kier molecular flexibility index (Phi) is 4.44. The van der Waals surface area contributed by atoms with E-state index in [4.69, 9.17) is 4.98 Å². The third-order valence-corrected chi connectivity index (χ3v) is 6.07. The van der Waals surface area contributed by atoms with E-state index in [-0.39, 0.29) is 5.56 Å². The molecule has 0 fully saturated rings. The molecule has 1 atom stereocenters. The van der Waals surface area contributed by atoms with Crippen LogP contribution < -0.4 is 10.5 Å². The van der Waals surface area contributed by atoms with Crippen LogP contribution in [0.1, 0.15) is 40.2 Å². The van der Waals surface area contributed by atoms with E-state index in [9.17, 15) is 4.79 Å². The molecule has 0 spiro atoms. The van der Waals surface area contributed by atoms with Crippen molar-refractivity contribution in [2.75, 3.05) is 7.05 Å².